The second-order valence-corrected chi connectivity index (χ2v) is 9.95. The Morgan fingerprint density at radius 2 is 1.42 bits per heavy atom. The summed E-state index contributed by atoms with van der Waals surface area (Å²) in [4.78, 5) is 49.3. The van der Waals surface area contributed by atoms with Crippen LogP contribution >= 0.6 is 0 Å². The summed E-state index contributed by atoms with van der Waals surface area (Å²) in [5.41, 5.74) is 5.37. The molecule has 10 nitrogen and oxygen atoms in total. The van der Waals surface area contributed by atoms with Crippen LogP contribution in [0.5, 0.6) is 11.5 Å². The summed E-state index contributed by atoms with van der Waals surface area (Å²) in [6.45, 7) is 11.3. The molecule has 0 spiro atoms. The van der Waals surface area contributed by atoms with E-state index in [4.69, 9.17) is 29.4 Å². The number of carbonyl (C=O) groups excluding carboxylic acids is 4. The zero-order chi connectivity index (χ0) is 28.9. The molecule has 38 heavy (non-hydrogen) atoms. The lowest BCUT2D eigenvalue weighted by Crippen LogP contribution is -2.51. The third-order valence-electron chi connectivity index (χ3n) is 6.25. The molecule has 0 aromatic heterocycles. The molecule has 0 saturated heterocycles. The molecule has 2 N–H and O–H groups in total. The summed E-state index contributed by atoms with van der Waals surface area (Å²) < 4.78 is 26.1. The van der Waals surface area contributed by atoms with Crippen molar-refractivity contribution >= 4 is 24.1 Å². The van der Waals surface area contributed by atoms with Crippen LogP contribution in [0.4, 0.5) is 4.79 Å². The van der Waals surface area contributed by atoms with Crippen LogP contribution in [0.1, 0.15) is 72.8 Å². The highest BCUT2D eigenvalue weighted by atomic mass is 16.7. The van der Waals surface area contributed by atoms with Crippen molar-refractivity contribution in [3.05, 3.63) is 23.8 Å². The maximum atomic E-state index is 12.6. The van der Waals surface area contributed by atoms with E-state index in [-0.39, 0.29) is 49.4 Å². The average molecular weight is 538 g/mol. The fourth-order valence-corrected chi connectivity index (χ4v) is 3.14. The number of benzene rings is 1. The van der Waals surface area contributed by atoms with Gasteiger partial charge in [0.05, 0.1) is 32.2 Å². The number of ether oxygens (including phenoxy) is 5. The molecule has 214 valence electrons. The van der Waals surface area contributed by atoms with Crippen molar-refractivity contribution < 1.29 is 42.9 Å². The van der Waals surface area contributed by atoms with Crippen LogP contribution in [0.15, 0.2) is 18.2 Å². The van der Waals surface area contributed by atoms with Gasteiger partial charge in [0.25, 0.3) is 0 Å². The van der Waals surface area contributed by atoms with E-state index < -0.39 is 29.6 Å². The van der Waals surface area contributed by atoms with Gasteiger partial charge in [0.1, 0.15) is 5.54 Å². The number of hydrogen-bond acceptors (Lipinski definition) is 10. The van der Waals surface area contributed by atoms with Crippen LogP contribution in [0.3, 0.4) is 0 Å². The fraction of sp³-hybridized carbons (Fsp3) is 0.643. The van der Waals surface area contributed by atoms with Gasteiger partial charge in [-0.3, -0.25) is 14.4 Å². The van der Waals surface area contributed by atoms with Crippen molar-refractivity contribution in [2.75, 3.05) is 20.3 Å². The summed E-state index contributed by atoms with van der Waals surface area (Å²) in [5.74, 6) is -1.87. The first-order valence-corrected chi connectivity index (χ1v) is 13.1. The van der Waals surface area contributed by atoms with Gasteiger partial charge in [-0.05, 0) is 42.9 Å². The topological polar surface area (TPSA) is 140 Å². The van der Waals surface area contributed by atoms with Crippen LogP contribution in [-0.4, -0.2) is 49.9 Å². The van der Waals surface area contributed by atoms with Crippen molar-refractivity contribution in [1.82, 2.24) is 0 Å². The Labute approximate surface area is 225 Å². The Morgan fingerprint density at radius 3 is 1.95 bits per heavy atom. The highest BCUT2D eigenvalue weighted by molar-refractivity contribution is 5.81. The summed E-state index contributed by atoms with van der Waals surface area (Å²) in [6.07, 6.45) is 0.926. The van der Waals surface area contributed by atoms with E-state index in [0.717, 1.165) is 0 Å². The molecular formula is C28H43NO9. The predicted molar refractivity (Wildman–Crippen MR) is 141 cm³/mol. The second-order valence-electron chi connectivity index (χ2n) is 9.95. The number of carbonyl (C=O) groups is 4. The Kier molecular flexibility index (Phi) is 13.8. The Hall–Kier alpha value is -3.14. The van der Waals surface area contributed by atoms with E-state index >= 15 is 0 Å². The normalized spacial score (nSPS) is 14.1. The van der Waals surface area contributed by atoms with Gasteiger partial charge < -0.3 is 29.4 Å². The van der Waals surface area contributed by atoms with Gasteiger partial charge in [0.15, 0.2) is 11.5 Å². The first-order chi connectivity index (χ1) is 17.9. The van der Waals surface area contributed by atoms with Gasteiger partial charge in [-0.25, -0.2) is 4.79 Å². The Bertz CT molecular complexity index is 946. The third-order valence-corrected chi connectivity index (χ3v) is 6.25. The van der Waals surface area contributed by atoms with Crippen molar-refractivity contribution in [3.63, 3.8) is 0 Å². The maximum absolute atomic E-state index is 12.6. The molecule has 0 saturated carbocycles. The van der Waals surface area contributed by atoms with Crippen molar-refractivity contribution in [3.8, 4) is 11.5 Å². The molecule has 0 bridgehead atoms. The van der Waals surface area contributed by atoms with E-state index in [9.17, 15) is 19.2 Å². The lowest BCUT2D eigenvalue weighted by atomic mass is 9.88. The molecular weight excluding hydrogens is 494 g/mol. The fourth-order valence-electron chi connectivity index (χ4n) is 3.14. The molecule has 0 heterocycles. The number of nitrogens with two attached hydrogens (primary N) is 1. The SMILES string of the molecule is CCC(C)C(=O)Oc1ccc(C[C@](N)(CCOC(=O)OCCC(C)C)C(=O)OC)cc1OC(=O)C(C)CC. The van der Waals surface area contributed by atoms with Gasteiger partial charge in [-0.2, -0.15) is 0 Å². The summed E-state index contributed by atoms with van der Waals surface area (Å²) in [7, 11) is 1.21. The van der Waals surface area contributed by atoms with Crippen LogP contribution in [0, 0.1) is 17.8 Å². The van der Waals surface area contributed by atoms with Gasteiger partial charge in [0.2, 0.25) is 0 Å². The summed E-state index contributed by atoms with van der Waals surface area (Å²) in [6, 6.07) is 4.62. The van der Waals surface area contributed by atoms with Crippen LogP contribution in [0.25, 0.3) is 0 Å². The number of methoxy groups -OCH3 is 1. The molecule has 0 aliphatic carbocycles. The molecule has 0 amide bonds. The van der Waals surface area contributed by atoms with E-state index in [2.05, 4.69) is 0 Å². The van der Waals surface area contributed by atoms with Gasteiger partial charge in [-0.15, -0.1) is 0 Å². The van der Waals surface area contributed by atoms with Crippen molar-refractivity contribution in [1.29, 1.82) is 0 Å². The van der Waals surface area contributed by atoms with E-state index in [1.165, 1.54) is 19.2 Å². The number of esters is 3. The van der Waals surface area contributed by atoms with Crippen LogP contribution < -0.4 is 15.2 Å². The highest BCUT2D eigenvalue weighted by Crippen LogP contribution is 2.32. The van der Waals surface area contributed by atoms with Crippen LogP contribution in [-0.2, 0) is 35.0 Å². The highest BCUT2D eigenvalue weighted by Gasteiger charge is 2.36. The standard InChI is InChI=1S/C28H43NO9/c1-8-19(5)24(30)37-22-11-10-21(16-23(22)38-25(31)20(6)9-2)17-28(29,26(32)34-7)13-15-36-27(33)35-14-12-18(3)4/h10-11,16,18-20H,8-9,12-15,17,29H2,1-7H3/t19?,20?,28-/m1/s1. The quantitative estimate of drug-likeness (QED) is 0.249. The second kappa shape index (κ2) is 16.0. The molecule has 1 aromatic rings. The number of rotatable bonds is 15. The van der Waals surface area contributed by atoms with Gasteiger partial charge >= 0.3 is 24.1 Å². The van der Waals surface area contributed by atoms with E-state index in [1.54, 1.807) is 19.9 Å². The Balaban J connectivity index is 3.11. The lowest BCUT2D eigenvalue weighted by molar-refractivity contribution is -0.148. The maximum Gasteiger partial charge on any atom is 0.508 e. The third kappa shape index (κ3) is 10.7. The molecule has 1 rings (SSSR count). The molecule has 1 aromatic carbocycles. The lowest BCUT2D eigenvalue weighted by Gasteiger charge is -2.26. The van der Waals surface area contributed by atoms with Crippen LogP contribution in [0.2, 0.25) is 0 Å². The predicted octanol–water partition coefficient (Wildman–Crippen LogP) is 4.59. The Morgan fingerprint density at radius 1 is 0.868 bits per heavy atom. The van der Waals surface area contributed by atoms with Gasteiger partial charge in [0, 0.05) is 12.8 Å². The van der Waals surface area contributed by atoms with E-state index in [0.29, 0.717) is 30.7 Å². The van der Waals surface area contributed by atoms with Crippen molar-refractivity contribution in [2.24, 2.45) is 23.5 Å². The smallest absolute Gasteiger partial charge is 0.468 e. The summed E-state index contributed by atoms with van der Waals surface area (Å²) in [5, 5.41) is 0. The minimum Gasteiger partial charge on any atom is -0.468 e. The van der Waals surface area contributed by atoms with Gasteiger partial charge in [-0.1, -0.05) is 47.6 Å². The minimum atomic E-state index is -1.56. The summed E-state index contributed by atoms with van der Waals surface area (Å²) >= 11 is 0. The first kappa shape index (κ1) is 32.9. The number of hydrogen-bond donors (Lipinski definition) is 1. The molecule has 3 atom stereocenters. The molecule has 2 unspecified atom stereocenters. The zero-order valence-electron chi connectivity index (χ0n) is 23.7. The van der Waals surface area contributed by atoms with E-state index in [1.807, 2.05) is 27.7 Å². The molecule has 10 heteroatoms. The average Bonchev–Trinajstić information content (AvgIpc) is 2.88. The van der Waals surface area contributed by atoms with Crippen molar-refractivity contribution in [2.45, 2.75) is 79.2 Å². The minimum absolute atomic E-state index is 0.0289. The largest absolute Gasteiger partial charge is 0.508 e. The molecule has 0 radical (unpaired) electrons. The molecule has 0 aliphatic heterocycles. The molecule has 0 aliphatic rings. The molecule has 0 fully saturated rings. The zero-order valence-corrected chi connectivity index (χ0v) is 23.7. The monoisotopic (exact) mass is 537 g/mol. The first-order valence-electron chi connectivity index (χ1n) is 13.1.